The maximum Gasteiger partial charge on any atom is 0.193 e. The fourth-order valence-electron chi connectivity index (χ4n) is 1.83. The molecule has 0 aliphatic heterocycles. The maximum absolute atomic E-state index is 4.59. The Balaban J connectivity index is 1.80. The van der Waals surface area contributed by atoms with Gasteiger partial charge >= 0.3 is 0 Å². The number of nitrogens with one attached hydrogen (secondary N) is 1. The lowest BCUT2D eigenvalue weighted by atomic mass is 10.1. The third kappa shape index (κ3) is 3.80. The van der Waals surface area contributed by atoms with Crippen LogP contribution in [0.5, 0.6) is 0 Å². The van der Waals surface area contributed by atoms with Crippen LogP contribution in [-0.4, -0.2) is 40.0 Å². The predicted octanol–water partition coefficient (Wildman–Crippen LogP) is 2.22. The molecule has 0 fully saturated rings. The number of aromatic nitrogens is 2. The Morgan fingerprint density at radius 1 is 1.44 bits per heavy atom. The van der Waals surface area contributed by atoms with E-state index in [0.717, 1.165) is 30.3 Å². The van der Waals surface area contributed by atoms with E-state index in [0.29, 0.717) is 0 Å². The van der Waals surface area contributed by atoms with E-state index in [1.165, 1.54) is 0 Å². The van der Waals surface area contributed by atoms with Crippen molar-refractivity contribution in [3.8, 4) is 0 Å². The summed E-state index contributed by atoms with van der Waals surface area (Å²) in [5.41, 5.74) is 1.33. The Kier molecular flexibility index (Phi) is 4.04. The minimum absolute atomic E-state index is 0.192. The van der Waals surface area contributed by atoms with Crippen molar-refractivity contribution in [1.29, 1.82) is 0 Å². The van der Waals surface area contributed by atoms with Crippen molar-refractivity contribution in [3.05, 3.63) is 23.5 Å². The molecule has 0 spiro atoms. The number of thiazole rings is 1. The van der Waals surface area contributed by atoms with E-state index < -0.39 is 0 Å². The molecule has 0 aliphatic carbocycles. The Morgan fingerprint density at radius 3 is 2.89 bits per heavy atom. The molecule has 1 N–H and O–H groups in total. The van der Waals surface area contributed by atoms with E-state index in [2.05, 4.69) is 65.2 Å². The van der Waals surface area contributed by atoms with Crippen LogP contribution in [0.3, 0.4) is 0 Å². The molecule has 2 rings (SSSR count). The van der Waals surface area contributed by atoms with E-state index in [4.69, 9.17) is 0 Å². The second-order valence-electron chi connectivity index (χ2n) is 5.74. The first-order valence-electron chi connectivity index (χ1n) is 6.29. The van der Waals surface area contributed by atoms with E-state index in [-0.39, 0.29) is 5.54 Å². The summed E-state index contributed by atoms with van der Waals surface area (Å²) < 4.78 is 2.08. The molecule has 0 aliphatic rings. The van der Waals surface area contributed by atoms with Crippen LogP contribution in [0.25, 0.3) is 4.96 Å². The van der Waals surface area contributed by atoms with Crippen LogP contribution in [0.4, 0.5) is 0 Å². The molecule has 100 valence electrons. The minimum atomic E-state index is 0.192. The van der Waals surface area contributed by atoms with Crippen LogP contribution >= 0.6 is 11.3 Å². The number of imidazole rings is 1. The van der Waals surface area contributed by atoms with Gasteiger partial charge in [-0.2, -0.15) is 0 Å². The largest absolute Gasteiger partial charge is 0.311 e. The summed E-state index contributed by atoms with van der Waals surface area (Å²) in [6, 6.07) is 0. The van der Waals surface area contributed by atoms with Crippen LogP contribution in [0.1, 0.15) is 26.5 Å². The van der Waals surface area contributed by atoms with Gasteiger partial charge in [-0.05, 0) is 27.8 Å². The highest BCUT2D eigenvalue weighted by atomic mass is 32.1. The van der Waals surface area contributed by atoms with Crippen LogP contribution < -0.4 is 5.32 Å². The quantitative estimate of drug-likeness (QED) is 0.900. The van der Waals surface area contributed by atoms with Gasteiger partial charge in [-0.3, -0.25) is 9.30 Å². The topological polar surface area (TPSA) is 32.6 Å². The van der Waals surface area contributed by atoms with Gasteiger partial charge in [0.05, 0.1) is 5.69 Å². The lowest BCUT2D eigenvalue weighted by Gasteiger charge is -2.23. The molecule has 0 saturated carbocycles. The third-order valence-corrected chi connectivity index (χ3v) is 3.49. The lowest BCUT2D eigenvalue weighted by molar-refractivity contribution is 0.301. The molecule has 2 aromatic rings. The Bertz CT molecular complexity index is 466. The standard InChI is InChI=1S/C13H22N4S/c1-13(2,3)14-5-6-16(4)9-11-10-17-7-8-18-12(17)15-11/h7-8,10,14H,5-6,9H2,1-4H3. The molecule has 0 bridgehead atoms. The zero-order chi connectivity index (χ0) is 13.2. The normalized spacial score (nSPS) is 12.7. The molecule has 2 heterocycles. The van der Waals surface area contributed by atoms with Gasteiger partial charge < -0.3 is 5.32 Å². The zero-order valence-electron chi connectivity index (χ0n) is 11.6. The van der Waals surface area contributed by atoms with Gasteiger partial charge in [0.25, 0.3) is 0 Å². The summed E-state index contributed by atoms with van der Waals surface area (Å²) in [5, 5.41) is 5.55. The molecule has 5 heteroatoms. The Labute approximate surface area is 113 Å². The molecule has 0 unspecified atom stereocenters. The highest BCUT2D eigenvalue weighted by Gasteiger charge is 2.09. The van der Waals surface area contributed by atoms with E-state index in [1.54, 1.807) is 11.3 Å². The summed E-state index contributed by atoms with van der Waals surface area (Å²) in [7, 11) is 2.14. The van der Waals surface area contributed by atoms with Gasteiger partial charge in [-0.15, -0.1) is 11.3 Å². The van der Waals surface area contributed by atoms with Crippen LogP contribution in [0.15, 0.2) is 17.8 Å². The molecule has 18 heavy (non-hydrogen) atoms. The summed E-state index contributed by atoms with van der Waals surface area (Å²) >= 11 is 1.68. The van der Waals surface area contributed by atoms with Crippen molar-refractivity contribution in [1.82, 2.24) is 19.6 Å². The van der Waals surface area contributed by atoms with Crippen LogP contribution in [0, 0.1) is 0 Å². The highest BCUT2D eigenvalue weighted by Crippen LogP contribution is 2.12. The highest BCUT2D eigenvalue weighted by molar-refractivity contribution is 7.15. The van der Waals surface area contributed by atoms with Crippen molar-refractivity contribution in [3.63, 3.8) is 0 Å². The number of hydrogen-bond donors (Lipinski definition) is 1. The molecular weight excluding hydrogens is 244 g/mol. The fraction of sp³-hybridized carbons (Fsp3) is 0.615. The van der Waals surface area contributed by atoms with Gasteiger partial charge in [0.2, 0.25) is 0 Å². The SMILES string of the molecule is CN(CCNC(C)(C)C)Cc1cn2ccsc2n1. The minimum Gasteiger partial charge on any atom is -0.311 e. The number of nitrogens with zero attached hydrogens (tertiary/aromatic N) is 3. The summed E-state index contributed by atoms with van der Waals surface area (Å²) in [6.45, 7) is 9.51. The molecule has 0 radical (unpaired) electrons. The lowest BCUT2D eigenvalue weighted by Crippen LogP contribution is -2.40. The number of hydrogen-bond acceptors (Lipinski definition) is 4. The van der Waals surface area contributed by atoms with Crippen molar-refractivity contribution in [2.45, 2.75) is 32.9 Å². The number of likely N-dealkylation sites (N-methyl/N-ethyl adjacent to an activating group) is 1. The van der Waals surface area contributed by atoms with Gasteiger partial charge in [0.15, 0.2) is 4.96 Å². The van der Waals surface area contributed by atoms with E-state index >= 15 is 0 Å². The van der Waals surface area contributed by atoms with Crippen LogP contribution in [0.2, 0.25) is 0 Å². The monoisotopic (exact) mass is 266 g/mol. The summed E-state index contributed by atoms with van der Waals surface area (Å²) in [4.78, 5) is 7.96. The van der Waals surface area contributed by atoms with E-state index in [1.807, 2.05) is 0 Å². The Morgan fingerprint density at radius 2 is 2.22 bits per heavy atom. The molecule has 2 aromatic heterocycles. The molecule has 0 saturated heterocycles. The smallest absolute Gasteiger partial charge is 0.193 e. The van der Waals surface area contributed by atoms with Crippen molar-refractivity contribution in [2.75, 3.05) is 20.1 Å². The van der Waals surface area contributed by atoms with Crippen molar-refractivity contribution in [2.24, 2.45) is 0 Å². The zero-order valence-corrected chi connectivity index (χ0v) is 12.4. The average Bonchev–Trinajstić information content (AvgIpc) is 2.75. The molecule has 0 atom stereocenters. The van der Waals surface area contributed by atoms with Gasteiger partial charge in [0, 0.05) is 42.9 Å². The van der Waals surface area contributed by atoms with E-state index in [9.17, 15) is 0 Å². The molecule has 4 nitrogen and oxygen atoms in total. The fourth-order valence-corrected chi connectivity index (χ4v) is 2.55. The number of fused-ring (bicyclic) bond motifs is 1. The average molecular weight is 266 g/mol. The predicted molar refractivity (Wildman–Crippen MR) is 77.2 cm³/mol. The van der Waals surface area contributed by atoms with Gasteiger partial charge in [-0.25, -0.2) is 4.98 Å². The summed E-state index contributed by atoms with van der Waals surface area (Å²) in [5.74, 6) is 0. The van der Waals surface area contributed by atoms with Gasteiger partial charge in [0.1, 0.15) is 0 Å². The molecule has 0 aromatic carbocycles. The van der Waals surface area contributed by atoms with Crippen molar-refractivity contribution >= 4 is 16.3 Å². The molecule has 0 amide bonds. The number of rotatable bonds is 5. The van der Waals surface area contributed by atoms with Crippen molar-refractivity contribution < 1.29 is 0 Å². The first-order chi connectivity index (χ1) is 8.44. The van der Waals surface area contributed by atoms with Crippen LogP contribution in [-0.2, 0) is 6.54 Å². The third-order valence-electron chi connectivity index (χ3n) is 2.72. The Hall–Kier alpha value is -0.910. The summed E-state index contributed by atoms with van der Waals surface area (Å²) in [6.07, 6.45) is 4.16. The second-order valence-corrected chi connectivity index (χ2v) is 6.61. The first kappa shape index (κ1) is 13.5. The second kappa shape index (κ2) is 5.38. The van der Waals surface area contributed by atoms with Gasteiger partial charge in [-0.1, -0.05) is 0 Å². The first-order valence-corrected chi connectivity index (χ1v) is 7.17. The molecular formula is C13H22N4S. The maximum atomic E-state index is 4.59.